The number of hydrogen-bond acceptors (Lipinski definition) is 6. The summed E-state index contributed by atoms with van der Waals surface area (Å²) in [7, 11) is -4.53. The number of thiazole rings is 1. The number of benzene rings is 2. The Bertz CT molecular complexity index is 1110. The summed E-state index contributed by atoms with van der Waals surface area (Å²) in [5.41, 5.74) is 3.64. The van der Waals surface area contributed by atoms with Crippen molar-refractivity contribution in [2.24, 2.45) is 0 Å². The molecule has 0 bridgehead atoms. The van der Waals surface area contributed by atoms with Crippen molar-refractivity contribution in [3.05, 3.63) is 76.7 Å². The van der Waals surface area contributed by atoms with Crippen molar-refractivity contribution in [1.29, 1.82) is 0 Å². The molecular weight excluding hydrogens is 529 g/mol. The van der Waals surface area contributed by atoms with Gasteiger partial charge in [-0.3, -0.25) is 4.57 Å². The van der Waals surface area contributed by atoms with Crippen molar-refractivity contribution in [2.45, 2.75) is 97.1 Å². The first-order valence-corrected chi connectivity index (χ1v) is 16.8. The molecule has 0 radical (unpaired) electrons. The molecule has 2 aromatic carbocycles. The zero-order chi connectivity index (χ0) is 27.6. The minimum Gasteiger partial charge on any atom is -0.746 e. The van der Waals surface area contributed by atoms with E-state index in [1.807, 2.05) is 52.0 Å². The van der Waals surface area contributed by atoms with Gasteiger partial charge in [0.15, 0.2) is 12.7 Å². The highest BCUT2D eigenvalue weighted by molar-refractivity contribution is 7.46. The van der Waals surface area contributed by atoms with Gasteiger partial charge in [0, 0.05) is 5.56 Å². The molecule has 0 aliphatic rings. The largest absolute Gasteiger partial charge is 0.746 e. The van der Waals surface area contributed by atoms with E-state index in [-0.39, 0.29) is 12.4 Å². The molecule has 1 aromatic heterocycles. The summed E-state index contributed by atoms with van der Waals surface area (Å²) in [6.07, 6.45) is 17.7. The molecule has 3 rings (SSSR count). The highest BCUT2D eigenvalue weighted by atomic mass is 32.1. The lowest BCUT2D eigenvalue weighted by Gasteiger charge is -2.23. The van der Waals surface area contributed by atoms with Gasteiger partial charge in [-0.15, -0.1) is 0 Å². The zero-order valence-corrected chi connectivity index (χ0v) is 25.0. The van der Waals surface area contributed by atoms with Crippen LogP contribution in [0.3, 0.4) is 0 Å². The SMILES string of the molecule is CCCCCCCCCCCCCCOc1cccc(COP(=O)([O-])Oc2cccc(C[n+]3ccsc3)c2)c1. The van der Waals surface area contributed by atoms with Crippen LogP contribution in [0.15, 0.2) is 65.6 Å². The van der Waals surface area contributed by atoms with E-state index in [2.05, 4.69) is 6.92 Å². The average Bonchev–Trinajstić information content (AvgIpc) is 3.43. The van der Waals surface area contributed by atoms with Crippen molar-refractivity contribution in [1.82, 2.24) is 0 Å². The lowest BCUT2D eigenvalue weighted by Crippen LogP contribution is -2.30. The van der Waals surface area contributed by atoms with Crippen molar-refractivity contribution in [2.75, 3.05) is 6.61 Å². The molecule has 0 aliphatic carbocycles. The Balaban J connectivity index is 1.29. The van der Waals surface area contributed by atoms with Gasteiger partial charge in [-0.05, 0) is 36.2 Å². The van der Waals surface area contributed by atoms with E-state index in [0.717, 1.165) is 17.7 Å². The molecule has 0 aliphatic heterocycles. The fourth-order valence-corrected chi connectivity index (χ4v) is 5.76. The molecule has 0 spiro atoms. The summed E-state index contributed by atoms with van der Waals surface area (Å²) in [5, 5.41) is 1.99. The van der Waals surface area contributed by atoms with E-state index in [0.29, 0.717) is 18.7 Å². The van der Waals surface area contributed by atoms with Crippen molar-refractivity contribution < 1.29 is 27.8 Å². The number of unbranched alkanes of at least 4 members (excludes halogenated alkanes) is 11. The van der Waals surface area contributed by atoms with Gasteiger partial charge >= 0.3 is 7.82 Å². The van der Waals surface area contributed by atoms with Gasteiger partial charge in [-0.1, -0.05) is 113 Å². The molecule has 0 saturated carbocycles. The first kappa shape index (κ1) is 31.3. The molecule has 1 heterocycles. The van der Waals surface area contributed by atoms with Gasteiger partial charge in [-0.25, -0.2) is 0 Å². The minimum atomic E-state index is -4.53. The number of phosphoric ester groups is 1. The molecule has 0 saturated heterocycles. The first-order valence-electron chi connectivity index (χ1n) is 14.4. The van der Waals surface area contributed by atoms with Crippen LogP contribution in [0, 0.1) is 0 Å². The molecule has 0 fully saturated rings. The van der Waals surface area contributed by atoms with Crippen LogP contribution < -0.4 is 18.7 Å². The topological polar surface area (TPSA) is 71.7 Å². The second-order valence-corrected chi connectivity index (χ2v) is 12.1. The molecule has 0 amide bonds. The zero-order valence-electron chi connectivity index (χ0n) is 23.3. The van der Waals surface area contributed by atoms with Crippen LogP contribution in [0.5, 0.6) is 11.5 Å². The predicted molar refractivity (Wildman–Crippen MR) is 156 cm³/mol. The average molecular weight is 574 g/mol. The van der Waals surface area contributed by atoms with Gasteiger partial charge in [-0.2, -0.15) is 4.57 Å². The summed E-state index contributed by atoms with van der Waals surface area (Å²) < 4.78 is 30.7. The lowest BCUT2D eigenvalue weighted by molar-refractivity contribution is -0.683. The van der Waals surface area contributed by atoms with Crippen LogP contribution >= 0.6 is 19.2 Å². The van der Waals surface area contributed by atoms with Crippen LogP contribution in [0.2, 0.25) is 0 Å². The summed E-state index contributed by atoms with van der Waals surface area (Å²) in [6.45, 7) is 3.45. The monoisotopic (exact) mass is 573 g/mol. The molecule has 39 heavy (non-hydrogen) atoms. The predicted octanol–water partition coefficient (Wildman–Crippen LogP) is 8.23. The van der Waals surface area contributed by atoms with E-state index in [1.165, 1.54) is 70.6 Å². The number of rotatable bonds is 21. The maximum Gasteiger partial charge on any atom is 0.320 e. The Hall–Kier alpha value is -2.18. The molecular formula is C31H44NO5PS. The third-order valence-electron chi connectivity index (χ3n) is 6.56. The maximum atomic E-state index is 12.4. The van der Waals surface area contributed by atoms with Gasteiger partial charge in [0.25, 0.3) is 0 Å². The first-order chi connectivity index (χ1) is 19.0. The Morgan fingerprint density at radius 1 is 0.821 bits per heavy atom. The third-order valence-corrected chi connectivity index (χ3v) is 8.11. The summed E-state index contributed by atoms with van der Waals surface area (Å²) in [6, 6.07) is 14.4. The molecule has 214 valence electrons. The molecule has 0 N–H and O–H groups in total. The van der Waals surface area contributed by atoms with Crippen LogP contribution in [0.1, 0.15) is 95.1 Å². The Labute approximate surface area is 238 Å². The summed E-state index contributed by atoms with van der Waals surface area (Å²) >= 11 is 1.60. The maximum absolute atomic E-state index is 12.4. The van der Waals surface area contributed by atoms with Gasteiger partial charge < -0.3 is 18.7 Å². The fraction of sp³-hybridized carbons (Fsp3) is 0.516. The molecule has 8 heteroatoms. The van der Waals surface area contributed by atoms with E-state index in [9.17, 15) is 9.46 Å². The second-order valence-electron chi connectivity index (χ2n) is 10.0. The van der Waals surface area contributed by atoms with Crippen LogP contribution in [-0.2, 0) is 22.2 Å². The van der Waals surface area contributed by atoms with E-state index in [1.54, 1.807) is 29.5 Å². The second kappa shape index (κ2) is 18.2. The minimum absolute atomic E-state index is 0.110. The number of aromatic nitrogens is 1. The molecule has 1 unspecified atom stereocenters. The molecule has 3 aromatic rings. The summed E-state index contributed by atoms with van der Waals surface area (Å²) in [5.74, 6) is 0.959. The van der Waals surface area contributed by atoms with Gasteiger partial charge in [0.2, 0.25) is 5.51 Å². The molecule has 1 atom stereocenters. The van der Waals surface area contributed by atoms with Crippen LogP contribution in [0.4, 0.5) is 0 Å². The van der Waals surface area contributed by atoms with Gasteiger partial charge in [0.05, 0.1) is 18.6 Å². The van der Waals surface area contributed by atoms with E-state index < -0.39 is 7.82 Å². The van der Waals surface area contributed by atoms with Crippen molar-refractivity contribution in [3.63, 3.8) is 0 Å². The third kappa shape index (κ3) is 13.6. The van der Waals surface area contributed by atoms with Crippen molar-refractivity contribution >= 4 is 19.2 Å². The smallest absolute Gasteiger partial charge is 0.320 e. The van der Waals surface area contributed by atoms with Crippen molar-refractivity contribution in [3.8, 4) is 11.5 Å². The number of phosphoric acid groups is 1. The quantitative estimate of drug-likeness (QED) is 0.0729. The van der Waals surface area contributed by atoms with Crippen LogP contribution in [0.25, 0.3) is 0 Å². The standard InChI is InChI=1S/C31H44NO5PS/c1-2-3-4-5-6-7-8-9-10-11-12-13-21-35-30-18-15-17-29(24-30)26-36-38(33,34)37-31-19-14-16-28(23-31)25-32-20-22-39-27-32/h14-20,22-24,27H,2-13,21,25-26H2,1H3. The Morgan fingerprint density at radius 2 is 1.44 bits per heavy atom. The van der Waals surface area contributed by atoms with Crippen LogP contribution in [-0.4, -0.2) is 6.61 Å². The number of nitrogens with zero attached hydrogens (tertiary/aromatic N) is 1. The van der Waals surface area contributed by atoms with E-state index >= 15 is 0 Å². The highest BCUT2D eigenvalue weighted by Crippen LogP contribution is 2.40. The summed E-state index contributed by atoms with van der Waals surface area (Å²) in [4.78, 5) is 12.4. The lowest BCUT2D eigenvalue weighted by atomic mass is 10.1. The Kier molecular flexibility index (Phi) is 14.6. The van der Waals surface area contributed by atoms with Gasteiger partial charge in [0.1, 0.15) is 11.5 Å². The fourth-order valence-electron chi connectivity index (χ4n) is 4.43. The highest BCUT2D eigenvalue weighted by Gasteiger charge is 2.13. The number of hydrogen-bond donors (Lipinski definition) is 0. The normalized spacial score (nSPS) is 12.8. The Morgan fingerprint density at radius 3 is 2.10 bits per heavy atom. The van der Waals surface area contributed by atoms with E-state index in [4.69, 9.17) is 13.8 Å². The molecule has 6 nitrogen and oxygen atoms in total. The number of ether oxygens (including phenoxy) is 1.